The van der Waals surface area contributed by atoms with Gasteiger partial charge in [-0.3, -0.25) is 0 Å². The average molecular weight is 380 g/mol. The topological polar surface area (TPSA) is 85.7 Å². The summed E-state index contributed by atoms with van der Waals surface area (Å²) in [6.45, 7) is 0.392. The second-order valence-electron chi connectivity index (χ2n) is 5.85. The number of halogens is 2. The van der Waals surface area contributed by atoms with E-state index in [1.807, 2.05) is 0 Å². The Morgan fingerprint density at radius 1 is 0.857 bits per heavy atom. The molecule has 0 atom stereocenters. The van der Waals surface area contributed by atoms with Crippen LogP contribution < -0.4 is 10.1 Å². The van der Waals surface area contributed by atoms with Gasteiger partial charge in [0.1, 0.15) is 11.6 Å². The molecule has 0 bridgehead atoms. The molecule has 0 fully saturated rings. The number of ether oxygens (including phenoxy) is 1. The van der Waals surface area contributed by atoms with E-state index in [-0.39, 0.29) is 29.1 Å². The van der Waals surface area contributed by atoms with Gasteiger partial charge in [-0.1, -0.05) is 12.1 Å². The third-order valence-electron chi connectivity index (χ3n) is 3.95. The maximum absolute atomic E-state index is 13.1. The molecule has 0 aliphatic carbocycles. The maximum Gasteiger partial charge on any atom is 0.247 e. The molecule has 0 spiro atoms. The molecular formula is C19H14F2N6O. The monoisotopic (exact) mass is 380 g/mol. The minimum absolute atomic E-state index is 0.227. The summed E-state index contributed by atoms with van der Waals surface area (Å²) in [7, 11) is 1.46. The van der Waals surface area contributed by atoms with Crippen molar-refractivity contribution >= 4 is 17.1 Å². The molecule has 2 aromatic carbocycles. The van der Waals surface area contributed by atoms with Crippen LogP contribution in [-0.4, -0.2) is 32.3 Å². The molecule has 7 nitrogen and oxygen atoms in total. The van der Waals surface area contributed by atoms with Gasteiger partial charge in [0.25, 0.3) is 0 Å². The van der Waals surface area contributed by atoms with Crippen molar-refractivity contribution in [1.29, 1.82) is 0 Å². The van der Waals surface area contributed by atoms with E-state index in [1.54, 1.807) is 24.3 Å². The highest BCUT2D eigenvalue weighted by Crippen LogP contribution is 2.23. The second kappa shape index (κ2) is 7.47. The molecule has 1 N–H and O–H groups in total. The predicted molar refractivity (Wildman–Crippen MR) is 98.6 cm³/mol. The van der Waals surface area contributed by atoms with Gasteiger partial charge in [-0.2, -0.15) is 9.97 Å². The van der Waals surface area contributed by atoms with E-state index in [0.717, 1.165) is 5.56 Å². The smallest absolute Gasteiger partial charge is 0.247 e. The number of hydrogen-bond donors (Lipinski definition) is 1. The van der Waals surface area contributed by atoms with Crippen molar-refractivity contribution in [2.45, 2.75) is 6.54 Å². The van der Waals surface area contributed by atoms with Crippen LogP contribution in [0, 0.1) is 11.6 Å². The lowest BCUT2D eigenvalue weighted by molar-refractivity contribution is 0.402. The fourth-order valence-corrected chi connectivity index (χ4v) is 2.54. The highest BCUT2D eigenvalue weighted by Gasteiger charge is 2.14. The predicted octanol–water partition coefficient (Wildman–Crippen LogP) is 3.38. The van der Waals surface area contributed by atoms with Crippen LogP contribution in [0.1, 0.15) is 5.56 Å². The van der Waals surface area contributed by atoms with E-state index in [9.17, 15) is 8.78 Å². The summed E-state index contributed by atoms with van der Waals surface area (Å²) in [6, 6.07) is 11.8. The van der Waals surface area contributed by atoms with Gasteiger partial charge in [0.05, 0.1) is 7.11 Å². The number of anilines is 1. The van der Waals surface area contributed by atoms with Crippen LogP contribution in [0.5, 0.6) is 5.88 Å². The Morgan fingerprint density at radius 2 is 1.54 bits per heavy atom. The standard InChI is InChI=1S/C19H14F2N6O/c1-28-18-15-17(27-26-16(23-15)12-4-8-14(21)9-5-12)24-19(25-18)22-10-11-2-6-13(20)7-3-11/h2-9H,10H2,1H3,(H,22,24,25,27). The fourth-order valence-electron chi connectivity index (χ4n) is 2.54. The Kier molecular flexibility index (Phi) is 4.71. The van der Waals surface area contributed by atoms with Crippen LogP contribution in [0.4, 0.5) is 14.7 Å². The van der Waals surface area contributed by atoms with Crippen LogP contribution in [0.25, 0.3) is 22.6 Å². The molecule has 140 valence electrons. The van der Waals surface area contributed by atoms with Crippen molar-refractivity contribution in [2.24, 2.45) is 0 Å². The summed E-state index contributed by atoms with van der Waals surface area (Å²) >= 11 is 0. The van der Waals surface area contributed by atoms with Gasteiger partial charge in [-0.05, 0) is 42.0 Å². The molecule has 0 saturated carbocycles. The normalized spacial score (nSPS) is 10.8. The number of nitrogens with zero attached hydrogens (tertiary/aromatic N) is 5. The summed E-state index contributed by atoms with van der Waals surface area (Å²) in [6.07, 6.45) is 0. The number of aromatic nitrogens is 5. The summed E-state index contributed by atoms with van der Waals surface area (Å²) < 4.78 is 31.4. The maximum atomic E-state index is 13.1. The number of rotatable bonds is 5. The Morgan fingerprint density at radius 3 is 2.21 bits per heavy atom. The van der Waals surface area contributed by atoms with Gasteiger partial charge < -0.3 is 10.1 Å². The first-order chi connectivity index (χ1) is 13.6. The zero-order valence-corrected chi connectivity index (χ0v) is 14.7. The van der Waals surface area contributed by atoms with Crippen molar-refractivity contribution in [3.8, 4) is 17.3 Å². The van der Waals surface area contributed by atoms with Gasteiger partial charge in [0.15, 0.2) is 11.3 Å². The number of methoxy groups -OCH3 is 1. The van der Waals surface area contributed by atoms with E-state index in [1.165, 1.54) is 31.4 Å². The first-order valence-corrected chi connectivity index (χ1v) is 8.33. The largest absolute Gasteiger partial charge is 0.479 e. The van der Waals surface area contributed by atoms with E-state index < -0.39 is 0 Å². The Hall–Kier alpha value is -3.75. The van der Waals surface area contributed by atoms with Crippen molar-refractivity contribution in [2.75, 3.05) is 12.4 Å². The van der Waals surface area contributed by atoms with Crippen LogP contribution >= 0.6 is 0 Å². The molecule has 0 saturated heterocycles. The summed E-state index contributed by atoms with van der Waals surface area (Å²) in [5.74, 6) is 0.159. The Balaban J connectivity index is 1.64. The summed E-state index contributed by atoms with van der Waals surface area (Å²) in [4.78, 5) is 13.0. The molecule has 0 aliphatic rings. The molecule has 28 heavy (non-hydrogen) atoms. The highest BCUT2D eigenvalue weighted by molar-refractivity contribution is 5.78. The Bertz CT molecular complexity index is 1120. The van der Waals surface area contributed by atoms with E-state index in [0.29, 0.717) is 23.4 Å². The van der Waals surface area contributed by atoms with Gasteiger partial charge in [-0.25, -0.2) is 13.8 Å². The SMILES string of the molecule is COc1nc(NCc2ccc(F)cc2)nc2nnc(-c3ccc(F)cc3)nc12. The van der Waals surface area contributed by atoms with Gasteiger partial charge in [0.2, 0.25) is 17.5 Å². The van der Waals surface area contributed by atoms with Crippen molar-refractivity contribution in [3.63, 3.8) is 0 Å². The second-order valence-corrected chi connectivity index (χ2v) is 5.85. The van der Waals surface area contributed by atoms with Gasteiger partial charge in [-0.15, -0.1) is 10.2 Å². The molecule has 0 radical (unpaired) electrons. The van der Waals surface area contributed by atoms with Crippen LogP contribution in [0.2, 0.25) is 0 Å². The molecule has 0 unspecified atom stereocenters. The minimum Gasteiger partial charge on any atom is -0.479 e. The van der Waals surface area contributed by atoms with Gasteiger partial charge in [0, 0.05) is 12.1 Å². The zero-order chi connectivity index (χ0) is 19.5. The molecule has 2 aromatic heterocycles. The van der Waals surface area contributed by atoms with Crippen LogP contribution in [-0.2, 0) is 6.54 Å². The van der Waals surface area contributed by atoms with E-state index in [2.05, 4.69) is 30.5 Å². The van der Waals surface area contributed by atoms with Crippen LogP contribution in [0.3, 0.4) is 0 Å². The lowest BCUT2D eigenvalue weighted by Gasteiger charge is -2.09. The van der Waals surface area contributed by atoms with Crippen molar-refractivity contribution < 1.29 is 13.5 Å². The fraction of sp³-hybridized carbons (Fsp3) is 0.105. The molecule has 0 amide bonds. The number of fused-ring (bicyclic) bond motifs is 1. The molecular weight excluding hydrogens is 366 g/mol. The first-order valence-electron chi connectivity index (χ1n) is 8.33. The zero-order valence-electron chi connectivity index (χ0n) is 14.7. The third kappa shape index (κ3) is 3.68. The Labute approximate surface area is 158 Å². The highest BCUT2D eigenvalue weighted by atomic mass is 19.1. The number of nitrogens with one attached hydrogen (secondary N) is 1. The number of benzene rings is 2. The summed E-state index contributed by atoms with van der Waals surface area (Å²) in [5.41, 5.74) is 2.06. The van der Waals surface area contributed by atoms with Gasteiger partial charge >= 0.3 is 0 Å². The number of hydrogen-bond acceptors (Lipinski definition) is 7. The van der Waals surface area contributed by atoms with Crippen molar-refractivity contribution in [3.05, 3.63) is 65.7 Å². The quantitative estimate of drug-likeness (QED) is 0.568. The van der Waals surface area contributed by atoms with E-state index >= 15 is 0 Å². The van der Waals surface area contributed by atoms with Crippen LogP contribution in [0.15, 0.2) is 48.5 Å². The molecule has 9 heteroatoms. The first kappa shape index (κ1) is 17.7. The molecule has 4 rings (SSSR count). The molecule has 4 aromatic rings. The average Bonchev–Trinajstić information content (AvgIpc) is 2.73. The van der Waals surface area contributed by atoms with Crippen molar-refractivity contribution in [1.82, 2.24) is 25.1 Å². The molecule has 2 heterocycles. The lowest BCUT2D eigenvalue weighted by Crippen LogP contribution is -2.07. The lowest BCUT2D eigenvalue weighted by atomic mass is 10.2. The molecule has 0 aliphatic heterocycles. The van der Waals surface area contributed by atoms with E-state index in [4.69, 9.17) is 4.74 Å². The minimum atomic E-state index is -0.352. The summed E-state index contributed by atoms with van der Waals surface area (Å²) in [5, 5.41) is 11.2. The third-order valence-corrected chi connectivity index (χ3v) is 3.95.